The van der Waals surface area contributed by atoms with Crippen molar-refractivity contribution in [1.29, 1.82) is 0 Å². The maximum absolute atomic E-state index is 11.5. The Morgan fingerprint density at radius 3 is 2.43 bits per heavy atom. The molecular weight excluding hydrogens is 370 g/mol. The topological polar surface area (TPSA) is 61.8 Å². The smallest absolute Gasteiger partial charge is 0.193 e. The van der Waals surface area contributed by atoms with Crippen LogP contribution in [0.3, 0.4) is 0 Å². The largest absolute Gasteiger partial charge is 0.357 e. The van der Waals surface area contributed by atoms with E-state index in [1.165, 1.54) is 24.7 Å². The highest BCUT2D eigenvalue weighted by Crippen LogP contribution is 2.24. The molecule has 0 bridgehead atoms. The summed E-state index contributed by atoms with van der Waals surface area (Å²) >= 11 is 0. The van der Waals surface area contributed by atoms with E-state index in [0.717, 1.165) is 37.9 Å². The Balaban J connectivity index is 1.90. The lowest BCUT2D eigenvalue weighted by atomic mass is 9.90. The van der Waals surface area contributed by atoms with Crippen molar-refractivity contribution < 1.29 is 8.42 Å². The van der Waals surface area contributed by atoms with Crippen molar-refractivity contribution in [3.05, 3.63) is 35.9 Å². The van der Waals surface area contributed by atoms with Crippen LogP contribution in [0.4, 0.5) is 0 Å². The van der Waals surface area contributed by atoms with Crippen LogP contribution in [-0.2, 0) is 16.3 Å². The number of sulfone groups is 1. The summed E-state index contributed by atoms with van der Waals surface area (Å²) in [6.45, 7) is 9.79. The number of rotatable bonds is 8. The minimum atomic E-state index is -2.93. The molecule has 1 aliphatic heterocycles. The van der Waals surface area contributed by atoms with Gasteiger partial charge in [-0.1, -0.05) is 44.2 Å². The van der Waals surface area contributed by atoms with E-state index in [0.29, 0.717) is 13.0 Å². The van der Waals surface area contributed by atoms with E-state index in [1.807, 2.05) is 0 Å². The Hall–Kier alpha value is -1.56. The van der Waals surface area contributed by atoms with Crippen molar-refractivity contribution in [2.45, 2.75) is 46.5 Å². The Bertz CT molecular complexity index is 721. The Labute approximate surface area is 171 Å². The molecule has 158 valence electrons. The summed E-state index contributed by atoms with van der Waals surface area (Å²) in [5.41, 5.74) is 1.30. The average molecular weight is 408 g/mol. The first-order valence-corrected chi connectivity index (χ1v) is 12.5. The van der Waals surface area contributed by atoms with E-state index in [2.05, 4.69) is 61.3 Å². The fourth-order valence-corrected chi connectivity index (χ4v) is 4.48. The van der Waals surface area contributed by atoms with Crippen molar-refractivity contribution in [2.24, 2.45) is 16.3 Å². The van der Waals surface area contributed by atoms with E-state index < -0.39 is 9.84 Å². The zero-order valence-corrected chi connectivity index (χ0v) is 18.8. The predicted molar refractivity (Wildman–Crippen MR) is 119 cm³/mol. The summed E-state index contributed by atoms with van der Waals surface area (Å²) < 4.78 is 22.9. The van der Waals surface area contributed by atoms with Crippen LogP contribution in [0.25, 0.3) is 0 Å². The van der Waals surface area contributed by atoms with Crippen LogP contribution in [0.5, 0.6) is 0 Å². The van der Waals surface area contributed by atoms with E-state index in [-0.39, 0.29) is 11.2 Å². The summed E-state index contributed by atoms with van der Waals surface area (Å²) in [5, 5.41) is 3.42. The molecule has 1 aliphatic rings. The standard InChI is InChI=1S/C22H37N3O2S/c1-5-23-21(24-18-22(2,3)13-16-28(4,26)27)25-14-11-20(12-15-25)17-19-9-7-6-8-10-19/h6-10,20H,5,11-18H2,1-4H3,(H,23,24). The normalized spacial score (nSPS) is 17.0. The highest BCUT2D eigenvalue weighted by atomic mass is 32.2. The van der Waals surface area contributed by atoms with E-state index >= 15 is 0 Å². The molecule has 0 aromatic heterocycles. The van der Waals surface area contributed by atoms with E-state index in [1.54, 1.807) is 0 Å². The molecule has 1 N–H and O–H groups in total. The zero-order valence-electron chi connectivity index (χ0n) is 17.9. The fourth-order valence-electron chi connectivity index (χ4n) is 3.55. The van der Waals surface area contributed by atoms with Gasteiger partial charge in [-0.05, 0) is 49.5 Å². The monoisotopic (exact) mass is 407 g/mol. The van der Waals surface area contributed by atoms with Crippen LogP contribution in [0.2, 0.25) is 0 Å². The summed E-state index contributed by atoms with van der Waals surface area (Å²) in [7, 11) is -2.93. The Morgan fingerprint density at radius 1 is 1.21 bits per heavy atom. The second kappa shape index (κ2) is 10.3. The summed E-state index contributed by atoms with van der Waals surface area (Å²) in [4.78, 5) is 7.21. The van der Waals surface area contributed by atoms with Gasteiger partial charge in [0.15, 0.2) is 5.96 Å². The third-order valence-electron chi connectivity index (χ3n) is 5.42. The number of nitrogens with one attached hydrogen (secondary N) is 1. The summed E-state index contributed by atoms with van der Waals surface area (Å²) in [6, 6.07) is 10.7. The molecule has 1 aromatic rings. The van der Waals surface area contributed by atoms with Crippen LogP contribution >= 0.6 is 0 Å². The molecule has 1 heterocycles. The van der Waals surface area contributed by atoms with Crippen LogP contribution in [-0.4, -0.2) is 57.5 Å². The average Bonchev–Trinajstić information content (AvgIpc) is 2.65. The maximum atomic E-state index is 11.5. The van der Waals surface area contributed by atoms with E-state index in [9.17, 15) is 8.42 Å². The molecule has 0 amide bonds. The molecule has 0 atom stereocenters. The zero-order chi connectivity index (χ0) is 20.6. The molecule has 0 aliphatic carbocycles. The van der Waals surface area contributed by atoms with Crippen molar-refractivity contribution in [3.8, 4) is 0 Å². The first-order valence-electron chi connectivity index (χ1n) is 10.4. The van der Waals surface area contributed by atoms with Gasteiger partial charge in [0.2, 0.25) is 0 Å². The number of likely N-dealkylation sites (tertiary alicyclic amines) is 1. The first kappa shape index (κ1) is 22.7. The molecule has 0 saturated carbocycles. The summed E-state index contributed by atoms with van der Waals surface area (Å²) in [5.74, 6) is 1.91. The van der Waals surface area contributed by atoms with E-state index in [4.69, 9.17) is 4.99 Å². The van der Waals surface area contributed by atoms with Gasteiger partial charge >= 0.3 is 0 Å². The number of aliphatic imine (C=N–C) groups is 1. The maximum Gasteiger partial charge on any atom is 0.193 e. The second-order valence-electron chi connectivity index (χ2n) is 8.83. The molecule has 6 heteroatoms. The fraction of sp³-hybridized carbons (Fsp3) is 0.682. The first-order chi connectivity index (χ1) is 13.2. The number of hydrogen-bond donors (Lipinski definition) is 1. The Morgan fingerprint density at radius 2 is 1.86 bits per heavy atom. The third kappa shape index (κ3) is 8.21. The van der Waals surface area contributed by atoms with Crippen molar-refractivity contribution >= 4 is 15.8 Å². The minimum absolute atomic E-state index is 0.130. The molecule has 0 unspecified atom stereocenters. The van der Waals surface area contributed by atoms with Gasteiger partial charge in [-0.2, -0.15) is 0 Å². The van der Waals surface area contributed by atoms with Gasteiger partial charge in [0.25, 0.3) is 0 Å². The minimum Gasteiger partial charge on any atom is -0.357 e. The number of guanidine groups is 1. The molecule has 0 radical (unpaired) electrons. The van der Waals surface area contributed by atoms with Crippen molar-refractivity contribution in [1.82, 2.24) is 10.2 Å². The number of hydrogen-bond acceptors (Lipinski definition) is 3. The highest BCUT2D eigenvalue weighted by Gasteiger charge is 2.24. The van der Waals surface area contributed by atoms with Gasteiger partial charge in [0.05, 0.1) is 5.75 Å². The third-order valence-corrected chi connectivity index (χ3v) is 6.37. The molecule has 0 spiro atoms. The molecule has 2 rings (SSSR count). The number of nitrogens with zero attached hydrogens (tertiary/aromatic N) is 2. The van der Waals surface area contributed by atoms with Crippen LogP contribution in [0, 0.1) is 11.3 Å². The summed E-state index contributed by atoms with van der Waals surface area (Å²) in [6.07, 6.45) is 5.44. The lowest BCUT2D eigenvalue weighted by Gasteiger charge is -2.35. The Kier molecular flexibility index (Phi) is 8.35. The molecule has 1 aromatic carbocycles. The quantitative estimate of drug-likeness (QED) is 0.530. The van der Waals surface area contributed by atoms with Gasteiger partial charge < -0.3 is 10.2 Å². The van der Waals surface area contributed by atoms with Gasteiger partial charge in [-0.25, -0.2) is 8.42 Å². The lowest BCUT2D eigenvalue weighted by Crippen LogP contribution is -2.46. The molecule has 1 saturated heterocycles. The predicted octanol–water partition coefficient (Wildman–Crippen LogP) is 3.37. The molecule has 28 heavy (non-hydrogen) atoms. The second-order valence-corrected chi connectivity index (χ2v) is 11.1. The number of benzene rings is 1. The van der Waals surface area contributed by atoms with Crippen molar-refractivity contribution in [2.75, 3.05) is 38.2 Å². The van der Waals surface area contributed by atoms with Gasteiger partial charge in [-0.3, -0.25) is 4.99 Å². The van der Waals surface area contributed by atoms with Crippen LogP contribution < -0.4 is 5.32 Å². The number of piperidine rings is 1. The lowest BCUT2D eigenvalue weighted by molar-refractivity contribution is 0.257. The molecule has 5 nitrogen and oxygen atoms in total. The van der Waals surface area contributed by atoms with Gasteiger partial charge in [0, 0.05) is 32.4 Å². The van der Waals surface area contributed by atoms with Crippen LogP contribution in [0.1, 0.15) is 45.6 Å². The highest BCUT2D eigenvalue weighted by molar-refractivity contribution is 7.90. The SMILES string of the molecule is CCNC(=NCC(C)(C)CCS(C)(=O)=O)N1CCC(Cc2ccccc2)CC1. The molecular formula is C22H37N3O2S. The van der Waals surface area contributed by atoms with Crippen molar-refractivity contribution in [3.63, 3.8) is 0 Å². The molecule has 1 fully saturated rings. The van der Waals surface area contributed by atoms with Gasteiger partial charge in [-0.15, -0.1) is 0 Å². The van der Waals surface area contributed by atoms with Gasteiger partial charge in [0.1, 0.15) is 9.84 Å². The van der Waals surface area contributed by atoms with Crippen LogP contribution in [0.15, 0.2) is 35.3 Å².